The average molecular weight is 299 g/mol. The summed E-state index contributed by atoms with van der Waals surface area (Å²) in [6, 6.07) is 13.7. The number of aryl methyl sites for hydroxylation is 2. The first-order valence-electron chi connectivity index (χ1n) is 8.08. The zero-order chi connectivity index (χ0) is 14.7. The van der Waals surface area contributed by atoms with E-state index in [1.54, 1.807) is 16.0 Å². The van der Waals surface area contributed by atoms with Crippen LogP contribution in [0.25, 0.3) is 0 Å². The summed E-state index contributed by atoms with van der Waals surface area (Å²) in [4.78, 5) is 3.05. The van der Waals surface area contributed by atoms with Gasteiger partial charge in [-0.3, -0.25) is 0 Å². The summed E-state index contributed by atoms with van der Waals surface area (Å²) in [6.07, 6.45) is 6.18. The fourth-order valence-corrected chi connectivity index (χ4v) is 4.92. The molecule has 1 nitrogen and oxygen atoms in total. The Bertz CT molecular complexity index is 601. The molecular weight excluding hydrogens is 274 g/mol. The van der Waals surface area contributed by atoms with E-state index in [1.807, 2.05) is 11.3 Å². The maximum Gasteiger partial charge on any atom is 0.0129 e. The Balaban J connectivity index is 1.97. The molecule has 1 atom stereocenters. The first-order valence-corrected chi connectivity index (χ1v) is 8.89. The Morgan fingerprint density at radius 2 is 1.95 bits per heavy atom. The molecular formula is C19H25NS. The molecule has 0 fully saturated rings. The highest BCUT2D eigenvalue weighted by molar-refractivity contribution is 7.12. The number of nitrogens with one attached hydrogen (secondary N) is 1. The maximum absolute atomic E-state index is 3.46. The molecule has 112 valence electrons. The van der Waals surface area contributed by atoms with E-state index in [0.717, 1.165) is 13.0 Å². The number of likely N-dealkylation sites (N-methyl/N-ethyl adjacent to an activating group) is 1. The van der Waals surface area contributed by atoms with E-state index in [-0.39, 0.29) is 5.41 Å². The molecule has 3 rings (SSSR count). The molecule has 1 aromatic heterocycles. The Hall–Kier alpha value is -1.12. The largest absolute Gasteiger partial charge is 0.319 e. The lowest BCUT2D eigenvalue weighted by Crippen LogP contribution is -2.41. The Labute approximate surface area is 132 Å². The molecule has 21 heavy (non-hydrogen) atoms. The number of fused-ring (bicyclic) bond motifs is 1. The molecule has 2 heteroatoms. The molecule has 0 saturated heterocycles. The van der Waals surface area contributed by atoms with E-state index in [1.165, 1.54) is 30.6 Å². The van der Waals surface area contributed by atoms with Gasteiger partial charge in [0.15, 0.2) is 0 Å². The summed E-state index contributed by atoms with van der Waals surface area (Å²) < 4.78 is 0. The average Bonchev–Trinajstić information content (AvgIpc) is 2.95. The van der Waals surface area contributed by atoms with Gasteiger partial charge in [0.25, 0.3) is 0 Å². The van der Waals surface area contributed by atoms with Crippen LogP contribution in [0.4, 0.5) is 0 Å². The van der Waals surface area contributed by atoms with Crippen molar-refractivity contribution >= 4 is 11.3 Å². The zero-order valence-electron chi connectivity index (χ0n) is 13.1. The van der Waals surface area contributed by atoms with Crippen molar-refractivity contribution in [2.75, 3.05) is 13.6 Å². The van der Waals surface area contributed by atoms with Gasteiger partial charge in [-0.1, -0.05) is 31.2 Å². The summed E-state index contributed by atoms with van der Waals surface area (Å²) in [7, 11) is 2.09. The summed E-state index contributed by atoms with van der Waals surface area (Å²) in [6.45, 7) is 3.32. The van der Waals surface area contributed by atoms with Crippen LogP contribution in [0.3, 0.4) is 0 Å². The second-order valence-electron chi connectivity index (χ2n) is 6.22. The van der Waals surface area contributed by atoms with Gasteiger partial charge in [0.2, 0.25) is 0 Å². The minimum atomic E-state index is 0.277. The van der Waals surface area contributed by atoms with Crippen molar-refractivity contribution in [2.45, 2.75) is 44.4 Å². The van der Waals surface area contributed by atoms with Crippen LogP contribution in [0.2, 0.25) is 0 Å². The van der Waals surface area contributed by atoms with E-state index < -0.39 is 0 Å². The fourth-order valence-electron chi connectivity index (χ4n) is 3.82. The Morgan fingerprint density at radius 3 is 2.71 bits per heavy atom. The summed E-state index contributed by atoms with van der Waals surface area (Å²) in [5, 5.41) is 3.46. The molecule has 1 N–H and O–H groups in total. The quantitative estimate of drug-likeness (QED) is 0.865. The van der Waals surface area contributed by atoms with Gasteiger partial charge in [-0.25, -0.2) is 0 Å². The first kappa shape index (κ1) is 14.8. The second kappa shape index (κ2) is 6.33. The van der Waals surface area contributed by atoms with Gasteiger partial charge in [0, 0.05) is 21.7 Å². The van der Waals surface area contributed by atoms with E-state index >= 15 is 0 Å². The molecule has 1 aliphatic rings. The summed E-state index contributed by atoms with van der Waals surface area (Å²) >= 11 is 2.00. The summed E-state index contributed by atoms with van der Waals surface area (Å²) in [5.41, 5.74) is 3.42. The second-order valence-corrected chi connectivity index (χ2v) is 7.47. The van der Waals surface area contributed by atoms with Crippen molar-refractivity contribution in [3.05, 3.63) is 57.3 Å². The molecule has 0 amide bonds. The first-order chi connectivity index (χ1) is 10.3. The molecule has 1 unspecified atom stereocenters. The predicted octanol–water partition coefficient (Wildman–Crippen LogP) is 4.35. The van der Waals surface area contributed by atoms with Crippen LogP contribution in [-0.4, -0.2) is 13.6 Å². The van der Waals surface area contributed by atoms with Crippen LogP contribution in [0.15, 0.2) is 36.4 Å². The van der Waals surface area contributed by atoms with E-state index in [9.17, 15) is 0 Å². The highest BCUT2D eigenvalue weighted by Gasteiger charge is 2.36. The standard InChI is InChI=1S/C19H25NS/c1-3-16-10-11-17(21-16)13-19(14-20-2)12-6-8-15-7-4-5-9-18(15)19/h4-5,7,9-11,20H,3,6,8,12-14H2,1-2H3. The van der Waals surface area contributed by atoms with Crippen LogP contribution in [0, 0.1) is 0 Å². The Kier molecular flexibility index (Phi) is 4.46. The number of thiophene rings is 1. The molecule has 0 saturated carbocycles. The van der Waals surface area contributed by atoms with Gasteiger partial charge < -0.3 is 5.32 Å². The van der Waals surface area contributed by atoms with Crippen molar-refractivity contribution in [1.82, 2.24) is 5.32 Å². The number of benzene rings is 1. The van der Waals surface area contributed by atoms with Crippen LogP contribution in [0.1, 0.15) is 40.6 Å². The van der Waals surface area contributed by atoms with Crippen LogP contribution in [-0.2, 0) is 24.7 Å². The van der Waals surface area contributed by atoms with Gasteiger partial charge in [0.1, 0.15) is 0 Å². The molecule has 1 aromatic carbocycles. The summed E-state index contributed by atoms with van der Waals surface area (Å²) in [5.74, 6) is 0. The smallest absolute Gasteiger partial charge is 0.0129 e. The SMILES string of the molecule is CCc1ccc(CC2(CNC)CCCc3ccccc32)s1. The molecule has 0 radical (unpaired) electrons. The van der Waals surface area contributed by atoms with Gasteiger partial charge in [-0.05, 0) is 62.4 Å². The molecule has 0 bridgehead atoms. The third-order valence-electron chi connectivity index (χ3n) is 4.78. The maximum atomic E-state index is 3.46. The lowest BCUT2D eigenvalue weighted by molar-refractivity contribution is 0.347. The molecule has 1 aliphatic carbocycles. The van der Waals surface area contributed by atoms with Gasteiger partial charge in [-0.2, -0.15) is 0 Å². The molecule has 0 aliphatic heterocycles. The van der Waals surface area contributed by atoms with Gasteiger partial charge in [-0.15, -0.1) is 11.3 Å². The van der Waals surface area contributed by atoms with E-state index in [4.69, 9.17) is 0 Å². The highest BCUT2D eigenvalue weighted by atomic mass is 32.1. The van der Waals surface area contributed by atoms with Crippen molar-refractivity contribution in [3.63, 3.8) is 0 Å². The number of rotatable bonds is 5. The van der Waals surface area contributed by atoms with Crippen molar-refractivity contribution in [2.24, 2.45) is 0 Å². The van der Waals surface area contributed by atoms with Crippen LogP contribution < -0.4 is 5.32 Å². The highest BCUT2D eigenvalue weighted by Crippen LogP contribution is 2.40. The van der Waals surface area contributed by atoms with Crippen molar-refractivity contribution in [1.29, 1.82) is 0 Å². The van der Waals surface area contributed by atoms with Gasteiger partial charge in [0.05, 0.1) is 0 Å². The van der Waals surface area contributed by atoms with Crippen LogP contribution >= 0.6 is 11.3 Å². The molecule has 0 spiro atoms. The third-order valence-corrected chi connectivity index (χ3v) is 6.01. The van der Waals surface area contributed by atoms with Crippen LogP contribution in [0.5, 0.6) is 0 Å². The molecule has 1 heterocycles. The topological polar surface area (TPSA) is 12.0 Å². The lowest BCUT2D eigenvalue weighted by atomic mass is 9.67. The monoisotopic (exact) mass is 299 g/mol. The van der Waals surface area contributed by atoms with E-state index in [0.29, 0.717) is 0 Å². The Morgan fingerprint density at radius 1 is 1.14 bits per heavy atom. The lowest BCUT2D eigenvalue weighted by Gasteiger charge is -2.39. The number of hydrogen-bond donors (Lipinski definition) is 1. The number of hydrogen-bond acceptors (Lipinski definition) is 2. The third kappa shape index (κ3) is 2.93. The predicted molar refractivity (Wildman–Crippen MR) is 92.4 cm³/mol. The minimum absolute atomic E-state index is 0.277. The molecule has 2 aromatic rings. The normalized spacial score (nSPS) is 21.2. The minimum Gasteiger partial charge on any atom is -0.319 e. The van der Waals surface area contributed by atoms with Crippen molar-refractivity contribution < 1.29 is 0 Å². The van der Waals surface area contributed by atoms with E-state index in [2.05, 4.69) is 55.7 Å². The van der Waals surface area contributed by atoms with Crippen molar-refractivity contribution in [3.8, 4) is 0 Å². The van der Waals surface area contributed by atoms with Gasteiger partial charge >= 0.3 is 0 Å². The zero-order valence-corrected chi connectivity index (χ0v) is 13.9. The fraction of sp³-hybridized carbons (Fsp3) is 0.474.